The van der Waals surface area contributed by atoms with E-state index >= 15 is 0 Å². The summed E-state index contributed by atoms with van der Waals surface area (Å²) in [6.07, 6.45) is 5.93. The number of halogens is 3. The van der Waals surface area contributed by atoms with Crippen LogP contribution in [-0.2, 0) is 11.8 Å². The number of aryl methyl sites for hydroxylation is 1. The van der Waals surface area contributed by atoms with Crippen LogP contribution in [0.2, 0.25) is 0 Å². The van der Waals surface area contributed by atoms with E-state index in [0.29, 0.717) is 28.2 Å². The Bertz CT molecular complexity index is 1410. The summed E-state index contributed by atoms with van der Waals surface area (Å²) in [7, 11) is 1.76. The third kappa shape index (κ3) is 5.97. The largest absolute Gasteiger partial charge is 0.432 e. The maximum absolute atomic E-state index is 14.4. The minimum Gasteiger partial charge on any atom is -0.432 e. The number of benzene rings is 2. The highest BCUT2D eigenvalue weighted by molar-refractivity contribution is 5.99. The fraction of sp³-hybridized carbons (Fsp3) is 0.0833. The smallest absolute Gasteiger partial charge is 0.387 e. The van der Waals surface area contributed by atoms with Gasteiger partial charge in [0.05, 0.1) is 11.9 Å². The van der Waals surface area contributed by atoms with Crippen LogP contribution in [0.4, 0.5) is 42.0 Å². The Kier molecular flexibility index (Phi) is 7.14. The first-order valence-corrected chi connectivity index (χ1v) is 10.5. The Balaban J connectivity index is 1.71. The molecule has 0 bridgehead atoms. The van der Waals surface area contributed by atoms with Gasteiger partial charge >= 0.3 is 6.61 Å². The fourth-order valence-electron chi connectivity index (χ4n) is 3.23. The number of aromatic nitrogens is 4. The fourth-order valence-corrected chi connectivity index (χ4v) is 3.23. The summed E-state index contributed by atoms with van der Waals surface area (Å²) in [5.41, 5.74) is 2.41. The predicted molar refractivity (Wildman–Crippen MR) is 129 cm³/mol. The molecule has 12 heteroatoms. The first-order chi connectivity index (χ1) is 17.3. The lowest BCUT2D eigenvalue weighted by Crippen LogP contribution is -2.07. The van der Waals surface area contributed by atoms with Gasteiger partial charge < -0.3 is 20.7 Å². The molecule has 0 radical (unpaired) electrons. The van der Waals surface area contributed by atoms with Crippen LogP contribution in [0.15, 0.2) is 73.7 Å². The Morgan fingerprint density at radius 3 is 2.61 bits per heavy atom. The molecule has 2 heterocycles. The molecule has 0 fully saturated rings. The molecule has 0 aliphatic rings. The highest BCUT2D eigenvalue weighted by atomic mass is 19.3. The molecule has 1 amide bonds. The van der Waals surface area contributed by atoms with Gasteiger partial charge in [-0.1, -0.05) is 18.7 Å². The lowest BCUT2D eigenvalue weighted by molar-refractivity contribution is -0.111. The zero-order chi connectivity index (χ0) is 25.7. The van der Waals surface area contributed by atoms with E-state index in [2.05, 4.69) is 42.3 Å². The molecule has 0 unspecified atom stereocenters. The minimum absolute atomic E-state index is 0.225. The summed E-state index contributed by atoms with van der Waals surface area (Å²) < 4.78 is 45.3. The number of alkyl halides is 2. The SMILES string of the molecule is C=CC(=O)Nc1cccc(Nc2nc(Nc3cnn(C)c3)ncc2-c2ccc(OC(F)F)c(F)c2)c1. The second-order valence-corrected chi connectivity index (χ2v) is 7.41. The van der Waals surface area contributed by atoms with Gasteiger partial charge in [-0.2, -0.15) is 18.9 Å². The number of carbonyl (C=O) groups excluding carboxylic acids is 1. The number of amides is 1. The Morgan fingerprint density at radius 1 is 1.11 bits per heavy atom. The van der Waals surface area contributed by atoms with Gasteiger partial charge in [0.15, 0.2) is 11.6 Å². The first-order valence-electron chi connectivity index (χ1n) is 10.5. The van der Waals surface area contributed by atoms with Crippen molar-refractivity contribution >= 4 is 34.7 Å². The van der Waals surface area contributed by atoms with E-state index in [1.165, 1.54) is 12.3 Å². The van der Waals surface area contributed by atoms with Crippen LogP contribution in [0, 0.1) is 5.82 Å². The molecule has 0 saturated carbocycles. The number of anilines is 5. The number of nitrogens with zero attached hydrogens (tertiary/aromatic N) is 4. The second kappa shape index (κ2) is 10.6. The van der Waals surface area contributed by atoms with Crippen molar-refractivity contribution in [2.24, 2.45) is 7.05 Å². The summed E-state index contributed by atoms with van der Waals surface area (Å²) >= 11 is 0. The van der Waals surface area contributed by atoms with Crippen LogP contribution in [-0.4, -0.2) is 32.3 Å². The van der Waals surface area contributed by atoms with Crippen molar-refractivity contribution in [2.75, 3.05) is 16.0 Å². The van der Waals surface area contributed by atoms with Crippen molar-refractivity contribution in [1.82, 2.24) is 19.7 Å². The number of rotatable bonds is 9. The summed E-state index contributed by atoms with van der Waals surface area (Å²) in [5.74, 6) is -1.41. The average molecular weight is 495 g/mol. The Labute approximate surface area is 203 Å². The van der Waals surface area contributed by atoms with Crippen LogP contribution in [0.1, 0.15) is 0 Å². The molecule has 36 heavy (non-hydrogen) atoms. The number of hydrogen-bond donors (Lipinski definition) is 3. The Hall–Kier alpha value is -4.87. The van der Waals surface area contributed by atoms with Crippen LogP contribution in [0.3, 0.4) is 0 Å². The Morgan fingerprint density at radius 2 is 1.92 bits per heavy atom. The van der Waals surface area contributed by atoms with Crippen molar-refractivity contribution in [2.45, 2.75) is 6.61 Å². The lowest BCUT2D eigenvalue weighted by atomic mass is 10.1. The number of ether oxygens (including phenoxy) is 1. The zero-order valence-electron chi connectivity index (χ0n) is 18.9. The summed E-state index contributed by atoms with van der Waals surface area (Å²) in [4.78, 5) is 20.5. The van der Waals surface area contributed by atoms with Gasteiger partial charge in [-0.3, -0.25) is 9.48 Å². The van der Waals surface area contributed by atoms with E-state index in [1.54, 1.807) is 48.4 Å². The summed E-state index contributed by atoms with van der Waals surface area (Å²) in [5, 5.41) is 12.9. The highest BCUT2D eigenvalue weighted by Gasteiger charge is 2.15. The van der Waals surface area contributed by atoms with Gasteiger partial charge in [-0.05, 0) is 42.0 Å². The number of hydrogen-bond acceptors (Lipinski definition) is 7. The van der Waals surface area contributed by atoms with E-state index in [0.717, 1.165) is 18.2 Å². The van der Waals surface area contributed by atoms with Crippen molar-refractivity contribution in [1.29, 1.82) is 0 Å². The maximum atomic E-state index is 14.4. The molecular formula is C24H20F3N7O2. The van der Waals surface area contributed by atoms with Crippen molar-refractivity contribution in [3.8, 4) is 16.9 Å². The van der Waals surface area contributed by atoms with E-state index in [9.17, 15) is 18.0 Å². The third-order valence-electron chi connectivity index (χ3n) is 4.79. The molecule has 2 aromatic carbocycles. The lowest BCUT2D eigenvalue weighted by Gasteiger charge is -2.14. The minimum atomic E-state index is -3.15. The quantitative estimate of drug-likeness (QED) is 0.273. The zero-order valence-corrected chi connectivity index (χ0v) is 18.9. The van der Waals surface area contributed by atoms with Crippen LogP contribution < -0.4 is 20.7 Å². The molecular weight excluding hydrogens is 475 g/mol. The van der Waals surface area contributed by atoms with Gasteiger partial charge in [0, 0.05) is 36.4 Å². The van der Waals surface area contributed by atoms with Crippen molar-refractivity contribution in [3.63, 3.8) is 0 Å². The monoisotopic (exact) mass is 495 g/mol. The maximum Gasteiger partial charge on any atom is 0.387 e. The van der Waals surface area contributed by atoms with E-state index in [-0.39, 0.29) is 17.7 Å². The van der Waals surface area contributed by atoms with E-state index in [4.69, 9.17) is 0 Å². The van der Waals surface area contributed by atoms with E-state index in [1.807, 2.05) is 0 Å². The third-order valence-corrected chi connectivity index (χ3v) is 4.79. The summed E-state index contributed by atoms with van der Waals surface area (Å²) in [6.45, 7) is 0.273. The average Bonchev–Trinajstić information content (AvgIpc) is 3.25. The molecule has 0 saturated heterocycles. The normalized spacial score (nSPS) is 10.7. The van der Waals surface area contributed by atoms with Crippen LogP contribution >= 0.6 is 0 Å². The van der Waals surface area contributed by atoms with Gasteiger partial charge in [0.25, 0.3) is 0 Å². The molecule has 4 rings (SSSR count). The van der Waals surface area contributed by atoms with Gasteiger partial charge in [-0.25, -0.2) is 9.37 Å². The standard InChI is InChI=1S/C24H20F3N7O2/c1-3-21(35)30-15-5-4-6-16(10-15)31-22-18(14-7-8-20(19(25)9-14)36-23(26)27)12-28-24(33-22)32-17-11-29-34(2)13-17/h3-13,23H,1H2,2H3,(H,30,35)(H2,28,31,32,33). The molecule has 0 atom stereocenters. The highest BCUT2D eigenvalue weighted by Crippen LogP contribution is 2.33. The number of carbonyl (C=O) groups is 1. The predicted octanol–water partition coefficient (Wildman–Crippen LogP) is 5.23. The molecule has 0 spiro atoms. The summed E-state index contributed by atoms with van der Waals surface area (Å²) in [6, 6.07) is 10.4. The van der Waals surface area contributed by atoms with Gasteiger partial charge in [0.1, 0.15) is 5.82 Å². The molecule has 3 N–H and O–H groups in total. The number of nitrogens with one attached hydrogen (secondary N) is 3. The van der Waals surface area contributed by atoms with Gasteiger partial charge in [0.2, 0.25) is 11.9 Å². The second-order valence-electron chi connectivity index (χ2n) is 7.41. The first kappa shape index (κ1) is 24.3. The van der Waals surface area contributed by atoms with Gasteiger partial charge in [-0.15, -0.1) is 0 Å². The molecule has 4 aromatic rings. The molecule has 0 aliphatic heterocycles. The molecule has 2 aromatic heterocycles. The molecule has 9 nitrogen and oxygen atoms in total. The van der Waals surface area contributed by atoms with Crippen LogP contribution in [0.25, 0.3) is 11.1 Å². The van der Waals surface area contributed by atoms with Crippen molar-refractivity contribution < 1.29 is 22.7 Å². The molecule has 0 aliphatic carbocycles. The van der Waals surface area contributed by atoms with E-state index < -0.39 is 18.2 Å². The van der Waals surface area contributed by atoms with Crippen LogP contribution in [0.5, 0.6) is 5.75 Å². The van der Waals surface area contributed by atoms with Crippen molar-refractivity contribution in [3.05, 3.63) is 79.5 Å². The molecule has 184 valence electrons. The topological polar surface area (TPSA) is 106 Å².